The lowest BCUT2D eigenvalue weighted by Gasteiger charge is -2.00. The smallest absolute Gasteiger partial charge is 0.223 e. The van der Waals surface area contributed by atoms with E-state index in [9.17, 15) is 5.11 Å². The number of thiophene rings is 1. The monoisotopic (exact) mass is 229 g/mol. The Balaban J connectivity index is 2.25. The highest BCUT2D eigenvalue weighted by atomic mass is 32.1. The first-order valence-corrected chi connectivity index (χ1v) is 5.57. The first kappa shape index (κ1) is 9.23. The molecule has 0 aromatic carbocycles. The Kier molecular flexibility index (Phi) is 2.04. The minimum Gasteiger partial charge on any atom is -0.493 e. The molecule has 0 aliphatic heterocycles. The summed E-state index contributed by atoms with van der Waals surface area (Å²) >= 11 is 1.48. The molecule has 0 saturated heterocycles. The van der Waals surface area contributed by atoms with Crippen molar-refractivity contribution in [3.63, 3.8) is 0 Å². The fourth-order valence-electron chi connectivity index (χ4n) is 1.47. The Morgan fingerprint density at radius 2 is 1.88 bits per heavy atom. The van der Waals surface area contributed by atoms with Gasteiger partial charge in [0.2, 0.25) is 5.88 Å². The SMILES string of the molecule is Oc1nc(-c2ccncc2)nc2sccc12. The van der Waals surface area contributed by atoms with Crippen LogP contribution in [-0.2, 0) is 0 Å². The molecule has 0 aliphatic rings. The van der Waals surface area contributed by atoms with Gasteiger partial charge in [0.1, 0.15) is 4.83 Å². The van der Waals surface area contributed by atoms with Crippen LogP contribution < -0.4 is 0 Å². The standard InChI is InChI=1S/C11H7N3OS/c15-10-8-3-6-16-11(8)14-9(13-10)7-1-4-12-5-2-7/h1-6H,(H,13,14,15). The fraction of sp³-hybridized carbons (Fsp3) is 0. The Morgan fingerprint density at radius 3 is 2.69 bits per heavy atom. The predicted octanol–water partition coefficient (Wildman–Crippen LogP) is 2.46. The van der Waals surface area contributed by atoms with Crippen molar-refractivity contribution in [2.24, 2.45) is 0 Å². The molecule has 4 nitrogen and oxygen atoms in total. The molecule has 0 unspecified atom stereocenters. The Bertz CT molecular complexity index is 636. The predicted molar refractivity (Wildman–Crippen MR) is 62.3 cm³/mol. The van der Waals surface area contributed by atoms with E-state index in [1.54, 1.807) is 12.4 Å². The summed E-state index contributed by atoms with van der Waals surface area (Å²) in [5.41, 5.74) is 0.848. The van der Waals surface area contributed by atoms with E-state index in [0.717, 1.165) is 10.4 Å². The molecule has 0 atom stereocenters. The van der Waals surface area contributed by atoms with Gasteiger partial charge in [-0.25, -0.2) is 4.98 Å². The molecule has 3 heterocycles. The molecule has 0 amide bonds. The number of nitrogens with zero attached hydrogens (tertiary/aromatic N) is 3. The van der Waals surface area contributed by atoms with E-state index in [0.29, 0.717) is 11.2 Å². The van der Waals surface area contributed by atoms with Crippen molar-refractivity contribution in [2.75, 3.05) is 0 Å². The molecular weight excluding hydrogens is 222 g/mol. The second-order valence-corrected chi connectivity index (χ2v) is 4.14. The Morgan fingerprint density at radius 1 is 1.06 bits per heavy atom. The van der Waals surface area contributed by atoms with Gasteiger partial charge in [0, 0.05) is 18.0 Å². The third kappa shape index (κ3) is 1.42. The molecule has 16 heavy (non-hydrogen) atoms. The van der Waals surface area contributed by atoms with E-state index in [1.165, 1.54) is 11.3 Å². The third-order valence-electron chi connectivity index (χ3n) is 2.24. The topological polar surface area (TPSA) is 58.9 Å². The van der Waals surface area contributed by atoms with Crippen molar-refractivity contribution in [3.8, 4) is 17.3 Å². The lowest BCUT2D eigenvalue weighted by molar-refractivity contribution is 0.460. The summed E-state index contributed by atoms with van der Waals surface area (Å²) in [6.07, 6.45) is 3.35. The summed E-state index contributed by atoms with van der Waals surface area (Å²) in [5.74, 6) is 0.549. The molecule has 0 fully saturated rings. The molecule has 0 aliphatic carbocycles. The second-order valence-electron chi connectivity index (χ2n) is 3.25. The molecular formula is C11H7N3OS. The van der Waals surface area contributed by atoms with Crippen molar-refractivity contribution in [3.05, 3.63) is 36.0 Å². The summed E-state index contributed by atoms with van der Waals surface area (Å²) in [6, 6.07) is 5.44. The Labute approximate surface area is 95.3 Å². The zero-order valence-electron chi connectivity index (χ0n) is 8.16. The number of fused-ring (bicyclic) bond motifs is 1. The van der Waals surface area contributed by atoms with Gasteiger partial charge in [-0.1, -0.05) is 0 Å². The van der Waals surface area contributed by atoms with E-state index in [1.807, 2.05) is 23.6 Å². The molecule has 0 bridgehead atoms. The molecule has 3 aromatic rings. The van der Waals surface area contributed by atoms with Crippen LogP contribution in [-0.4, -0.2) is 20.1 Å². The summed E-state index contributed by atoms with van der Waals surface area (Å²) in [7, 11) is 0. The lowest BCUT2D eigenvalue weighted by Crippen LogP contribution is -1.89. The van der Waals surface area contributed by atoms with E-state index in [-0.39, 0.29) is 5.88 Å². The largest absolute Gasteiger partial charge is 0.493 e. The van der Waals surface area contributed by atoms with Gasteiger partial charge >= 0.3 is 0 Å². The van der Waals surface area contributed by atoms with Crippen LogP contribution in [0.25, 0.3) is 21.6 Å². The van der Waals surface area contributed by atoms with Crippen LogP contribution in [0.1, 0.15) is 0 Å². The summed E-state index contributed by atoms with van der Waals surface area (Å²) in [6.45, 7) is 0. The normalized spacial score (nSPS) is 10.8. The Hall–Kier alpha value is -2.01. The number of pyridine rings is 1. The quantitative estimate of drug-likeness (QED) is 0.696. The van der Waals surface area contributed by atoms with Crippen molar-refractivity contribution >= 4 is 21.6 Å². The van der Waals surface area contributed by atoms with Crippen molar-refractivity contribution < 1.29 is 5.11 Å². The van der Waals surface area contributed by atoms with E-state index in [2.05, 4.69) is 15.0 Å². The summed E-state index contributed by atoms with van der Waals surface area (Å²) in [5, 5.41) is 12.3. The minimum atomic E-state index is 0.0260. The van der Waals surface area contributed by atoms with Crippen LogP contribution in [0.3, 0.4) is 0 Å². The first-order valence-electron chi connectivity index (χ1n) is 4.69. The number of aromatic nitrogens is 3. The van der Waals surface area contributed by atoms with Crippen LogP contribution in [0.4, 0.5) is 0 Å². The van der Waals surface area contributed by atoms with Gasteiger partial charge in [0.25, 0.3) is 0 Å². The minimum absolute atomic E-state index is 0.0260. The number of hydrogen-bond acceptors (Lipinski definition) is 5. The molecule has 78 valence electrons. The highest BCUT2D eigenvalue weighted by molar-refractivity contribution is 7.16. The van der Waals surface area contributed by atoms with Crippen molar-refractivity contribution in [1.29, 1.82) is 0 Å². The fourth-order valence-corrected chi connectivity index (χ4v) is 2.23. The highest BCUT2D eigenvalue weighted by Gasteiger charge is 2.08. The number of aromatic hydroxyl groups is 1. The maximum absolute atomic E-state index is 9.74. The second kappa shape index (κ2) is 3.53. The van der Waals surface area contributed by atoms with Crippen LogP contribution in [0.5, 0.6) is 5.88 Å². The average Bonchev–Trinajstić information content (AvgIpc) is 2.79. The zero-order valence-corrected chi connectivity index (χ0v) is 8.98. The summed E-state index contributed by atoms with van der Waals surface area (Å²) in [4.78, 5) is 13.2. The zero-order chi connectivity index (χ0) is 11.0. The van der Waals surface area contributed by atoms with Crippen molar-refractivity contribution in [1.82, 2.24) is 15.0 Å². The van der Waals surface area contributed by atoms with Gasteiger partial charge in [0.05, 0.1) is 5.39 Å². The van der Waals surface area contributed by atoms with Gasteiger partial charge in [-0.2, -0.15) is 4.98 Å². The van der Waals surface area contributed by atoms with Gasteiger partial charge in [-0.3, -0.25) is 4.98 Å². The van der Waals surface area contributed by atoms with E-state index >= 15 is 0 Å². The van der Waals surface area contributed by atoms with Crippen LogP contribution >= 0.6 is 11.3 Å². The first-order chi connectivity index (χ1) is 7.84. The lowest BCUT2D eigenvalue weighted by atomic mass is 10.2. The molecule has 1 N–H and O–H groups in total. The maximum Gasteiger partial charge on any atom is 0.223 e. The third-order valence-corrected chi connectivity index (χ3v) is 3.05. The molecule has 0 saturated carbocycles. The van der Waals surface area contributed by atoms with E-state index < -0.39 is 0 Å². The van der Waals surface area contributed by atoms with Crippen LogP contribution in [0.15, 0.2) is 36.0 Å². The van der Waals surface area contributed by atoms with E-state index in [4.69, 9.17) is 0 Å². The average molecular weight is 229 g/mol. The van der Waals surface area contributed by atoms with Gasteiger partial charge < -0.3 is 5.11 Å². The summed E-state index contributed by atoms with van der Waals surface area (Å²) < 4.78 is 0. The van der Waals surface area contributed by atoms with Crippen LogP contribution in [0.2, 0.25) is 0 Å². The van der Waals surface area contributed by atoms with Crippen molar-refractivity contribution in [2.45, 2.75) is 0 Å². The van der Waals surface area contributed by atoms with Gasteiger partial charge in [-0.15, -0.1) is 11.3 Å². The number of hydrogen-bond donors (Lipinski definition) is 1. The molecule has 3 rings (SSSR count). The number of rotatable bonds is 1. The highest BCUT2D eigenvalue weighted by Crippen LogP contribution is 2.28. The molecule has 5 heteroatoms. The van der Waals surface area contributed by atoms with Gasteiger partial charge in [-0.05, 0) is 23.6 Å². The molecule has 0 spiro atoms. The van der Waals surface area contributed by atoms with Gasteiger partial charge in [0.15, 0.2) is 5.82 Å². The van der Waals surface area contributed by atoms with Crippen LogP contribution in [0, 0.1) is 0 Å². The molecule has 3 aromatic heterocycles. The maximum atomic E-state index is 9.74. The molecule has 0 radical (unpaired) electrons.